The molecule has 0 aliphatic carbocycles. The van der Waals surface area contributed by atoms with Crippen LogP contribution in [0.5, 0.6) is 5.75 Å². The van der Waals surface area contributed by atoms with Crippen molar-refractivity contribution in [1.29, 1.82) is 0 Å². The number of hydrogen-bond acceptors (Lipinski definition) is 2. The van der Waals surface area contributed by atoms with E-state index in [0.717, 1.165) is 11.3 Å². The van der Waals surface area contributed by atoms with Gasteiger partial charge in [-0.15, -0.1) is 0 Å². The minimum absolute atomic E-state index is 0.0433. The number of carbonyl (C=O) groups excluding carboxylic acids is 1. The molecule has 18 heavy (non-hydrogen) atoms. The van der Waals surface area contributed by atoms with Crippen LogP contribution < -0.4 is 4.74 Å². The van der Waals surface area contributed by atoms with Crippen molar-refractivity contribution in [3.63, 3.8) is 0 Å². The molecule has 2 nitrogen and oxygen atoms in total. The predicted octanol–water partition coefficient (Wildman–Crippen LogP) is 3.62. The molecular weight excluding hydrogens is 224 g/mol. The van der Waals surface area contributed by atoms with E-state index < -0.39 is 0 Å². The molecule has 0 aliphatic rings. The summed E-state index contributed by atoms with van der Waals surface area (Å²) in [6, 6.07) is 14.8. The van der Waals surface area contributed by atoms with Gasteiger partial charge in [-0.05, 0) is 37.6 Å². The van der Waals surface area contributed by atoms with E-state index in [4.69, 9.17) is 4.74 Å². The molecule has 0 unspecified atom stereocenters. The second-order valence-corrected chi connectivity index (χ2v) is 4.11. The Hall–Kier alpha value is -2.09. The van der Waals surface area contributed by atoms with Crippen molar-refractivity contribution >= 4 is 5.78 Å². The Labute approximate surface area is 107 Å². The molecule has 0 bridgehead atoms. The lowest BCUT2D eigenvalue weighted by Crippen LogP contribution is -2.02. The van der Waals surface area contributed by atoms with Crippen molar-refractivity contribution < 1.29 is 9.53 Å². The molecule has 0 spiro atoms. The zero-order valence-corrected chi connectivity index (χ0v) is 10.6. The van der Waals surface area contributed by atoms with Gasteiger partial charge in [-0.3, -0.25) is 4.79 Å². The number of carbonyl (C=O) groups is 1. The fraction of sp³-hybridized carbons (Fsp3) is 0.188. The highest BCUT2D eigenvalue weighted by Crippen LogP contribution is 2.20. The topological polar surface area (TPSA) is 26.3 Å². The molecule has 2 aromatic rings. The van der Waals surface area contributed by atoms with E-state index in [1.165, 1.54) is 0 Å². The van der Waals surface area contributed by atoms with Gasteiger partial charge in [0.1, 0.15) is 5.75 Å². The van der Waals surface area contributed by atoms with Gasteiger partial charge < -0.3 is 4.74 Å². The number of aryl methyl sites for hydroxylation is 1. The summed E-state index contributed by atoms with van der Waals surface area (Å²) in [5, 5.41) is 0. The Morgan fingerprint density at radius 3 is 2.39 bits per heavy atom. The van der Waals surface area contributed by atoms with E-state index in [2.05, 4.69) is 0 Å². The first-order chi connectivity index (χ1) is 8.72. The molecule has 0 fully saturated rings. The average Bonchev–Trinajstić information content (AvgIpc) is 2.41. The van der Waals surface area contributed by atoms with Gasteiger partial charge in [0.2, 0.25) is 0 Å². The number of ether oxygens (including phenoxy) is 1. The highest BCUT2D eigenvalue weighted by atomic mass is 16.5. The van der Waals surface area contributed by atoms with Crippen LogP contribution in [-0.4, -0.2) is 12.4 Å². The summed E-state index contributed by atoms with van der Waals surface area (Å²) >= 11 is 0. The lowest BCUT2D eigenvalue weighted by Gasteiger charge is -2.08. The second-order valence-electron chi connectivity index (χ2n) is 4.11. The van der Waals surface area contributed by atoms with Crippen LogP contribution in [0.3, 0.4) is 0 Å². The van der Waals surface area contributed by atoms with E-state index in [1.54, 1.807) is 0 Å². The Bertz CT molecular complexity index is 544. The molecule has 0 aliphatic heterocycles. The first-order valence-corrected chi connectivity index (χ1v) is 6.05. The van der Waals surface area contributed by atoms with Crippen molar-refractivity contribution in [1.82, 2.24) is 0 Å². The van der Waals surface area contributed by atoms with Gasteiger partial charge in [0.15, 0.2) is 5.78 Å². The maximum Gasteiger partial charge on any atom is 0.193 e. The summed E-state index contributed by atoms with van der Waals surface area (Å²) < 4.78 is 5.47. The third kappa shape index (κ3) is 2.59. The summed E-state index contributed by atoms with van der Waals surface area (Å²) in [7, 11) is 0. The van der Waals surface area contributed by atoms with Crippen molar-refractivity contribution in [3.05, 3.63) is 65.2 Å². The summed E-state index contributed by atoms with van der Waals surface area (Å²) in [5.41, 5.74) is 2.39. The van der Waals surface area contributed by atoms with Crippen LogP contribution in [0.1, 0.15) is 28.4 Å². The number of ketones is 1. The van der Waals surface area contributed by atoms with Crippen molar-refractivity contribution in [2.24, 2.45) is 0 Å². The van der Waals surface area contributed by atoms with E-state index in [-0.39, 0.29) is 5.78 Å². The summed E-state index contributed by atoms with van der Waals surface area (Å²) in [5.74, 6) is 0.879. The molecule has 2 heteroatoms. The maximum atomic E-state index is 12.2. The predicted molar refractivity (Wildman–Crippen MR) is 72.2 cm³/mol. The maximum absolute atomic E-state index is 12.2. The number of hydrogen-bond donors (Lipinski definition) is 0. The molecule has 0 saturated carbocycles. The lowest BCUT2D eigenvalue weighted by atomic mass is 10.0. The smallest absolute Gasteiger partial charge is 0.193 e. The third-order valence-electron chi connectivity index (χ3n) is 2.77. The second kappa shape index (κ2) is 5.50. The molecule has 0 aromatic heterocycles. The van der Waals surface area contributed by atoms with Crippen LogP contribution in [0.4, 0.5) is 0 Å². The largest absolute Gasteiger partial charge is 0.494 e. The van der Waals surface area contributed by atoms with Crippen LogP contribution in [-0.2, 0) is 0 Å². The summed E-state index contributed by atoms with van der Waals surface area (Å²) in [6.45, 7) is 4.53. The molecule has 0 heterocycles. The highest BCUT2D eigenvalue weighted by molar-refractivity contribution is 6.09. The fourth-order valence-corrected chi connectivity index (χ4v) is 1.86. The number of rotatable bonds is 4. The molecule has 0 amide bonds. The van der Waals surface area contributed by atoms with Crippen LogP contribution in [0, 0.1) is 6.92 Å². The van der Waals surface area contributed by atoms with E-state index in [9.17, 15) is 4.79 Å². The van der Waals surface area contributed by atoms with Gasteiger partial charge in [0.25, 0.3) is 0 Å². The molecule has 0 saturated heterocycles. The molecule has 0 N–H and O–H groups in total. The average molecular weight is 240 g/mol. The SMILES string of the molecule is CCOc1ccc(C(=O)c2ccccc2)cc1C. The summed E-state index contributed by atoms with van der Waals surface area (Å²) in [4.78, 5) is 12.2. The Balaban J connectivity index is 2.30. The minimum atomic E-state index is 0.0433. The lowest BCUT2D eigenvalue weighted by molar-refractivity contribution is 0.103. The van der Waals surface area contributed by atoms with Crippen LogP contribution in [0.15, 0.2) is 48.5 Å². The van der Waals surface area contributed by atoms with Crippen molar-refractivity contribution in [2.75, 3.05) is 6.61 Å². The highest BCUT2D eigenvalue weighted by Gasteiger charge is 2.10. The van der Waals surface area contributed by atoms with Gasteiger partial charge >= 0.3 is 0 Å². The van der Waals surface area contributed by atoms with E-state index >= 15 is 0 Å². The summed E-state index contributed by atoms with van der Waals surface area (Å²) in [6.07, 6.45) is 0. The van der Waals surface area contributed by atoms with E-state index in [1.807, 2.05) is 62.4 Å². The van der Waals surface area contributed by atoms with Crippen LogP contribution in [0.25, 0.3) is 0 Å². The molecule has 0 atom stereocenters. The molecule has 2 rings (SSSR count). The minimum Gasteiger partial charge on any atom is -0.494 e. The van der Waals surface area contributed by atoms with Gasteiger partial charge in [-0.1, -0.05) is 30.3 Å². The molecular formula is C16H16O2. The Morgan fingerprint density at radius 2 is 1.78 bits per heavy atom. The monoisotopic (exact) mass is 240 g/mol. The van der Waals surface area contributed by atoms with Gasteiger partial charge in [-0.25, -0.2) is 0 Å². The van der Waals surface area contributed by atoms with E-state index in [0.29, 0.717) is 17.7 Å². The van der Waals surface area contributed by atoms with Crippen LogP contribution >= 0.6 is 0 Å². The van der Waals surface area contributed by atoms with Crippen LogP contribution in [0.2, 0.25) is 0 Å². The third-order valence-corrected chi connectivity index (χ3v) is 2.77. The van der Waals surface area contributed by atoms with Crippen molar-refractivity contribution in [3.8, 4) is 5.75 Å². The number of benzene rings is 2. The standard InChI is InChI=1S/C16H16O2/c1-3-18-15-10-9-14(11-12(15)2)16(17)13-7-5-4-6-8-13/h4-11H,3H2,1-2H3. The van der Waals surface area contributed by atoms with Gasteiger partial charge in [-0.2, -0.15) is 0 Å². The first kappa shape index (κ1) is 12.4. The normalized spacial score (nSPS) is 10.1. The van der Waals surface area contributed by atoms with Gasteiger partial charge in [0, 0.05) is 11.1 Å². The quantitative estimate of drug-likeness (QED) is 0.763. The zero-order valence-electron chi connectivity index (χ0n) is 10.6. The first-order valence-electron chi connectivity index (χ1n) is 6.05. The van der Waals surface area contributed by atoms with Gasteiger partial charge in [0.05, 0.1) is 6.61 Å². The zero-order chi connectivity index (χ0) is 13.0. The molecule has 92 valence electrons. The van der Waals surface area contributed by atoms with Crippen molar-refractivity contribution in [2.45, 2.75) is 13.8 Å². The Morgan fingerprint density at radius 1 is 1.06 bits per heavy atom. The molecule has 0 radical (unpaired) electrons. The molecule has 2 aromatic carbocycles. The Kier molecular flexibility index (Phi) is 3.78. The fourth-order valence-electron chi connectivity index (χ4n) is 1.86.